The molecule has 0 saturated carbocycles. The summed E-state index contributed by atoms with van der Waals surface area (Å²) >= 11 is 5.72. The highest BCUT2D eigenvalue weighted by atomic mass is 35.5. The molecule has 0 fully saturated rings. The monoisotopic (exact) mass is 209 g/mol. The SMILES string of the molecule is Oc1ccc(O)n1-c1ccc(Cl)cc1. The molecule has 0 spiro atoms. The second kappa shape index (κ2) is 3.27. The molecule has 0 atom stereocenters. The highest BCUT2D eigenvalue weighted by Gasteiger charge is 2.06. The van der Waals surface area contributed by atoms with Gasteiger partial charge in [-0.05, 0) is 24.3 Å². The highest BCUT2D eigenvalue weighted by molar-refractivity contribution is 6.30. The fourth-order valence-electron chi connectivity index (χ4n) is 1.27. The zero-order valence-corrected chi connectivity index (χ0v) is 7.94. The van der Waals surface area contributed by atoms with Gasteiger partial charge >= 0.3 is 0 Å². The minimum absolute atomic E-state index is 0.00942. The molecular weight excluding hydrogens is 202 g/mol. The molecule has 14 heavy (non-hydrogen) atoms. The van der Waals surface area contributed by atoms with Gasteiger partial charge in [-0.3, -0.25) is 4.57 Å². The van der Waals surface area contributed by atoms with Gasteiger partial charge in [0.2, 0.25) is 0 Å². The Hall–Kier alpha value is -1.61. The zero-order chi connectivity index (χ0) is 10.1. The summed E-state index contributed by atoms with van der Waals surface area (Å²) in [5.74, 6) is -0.0188. The van der Waals surface area contributed by atoms with Crippen LogP contribution in [0.4, 0.5) is 0 Å². The Morgan fingerprint density at radius 2 is 1.36 bits per heavy atom. The summed E-state index contributed by atoms with van der Waals surface area (Å²) in [6, 6.07) is 9.64. The lowest BCUT2D eigenvalue weighted by molar-refractivity contribution is 0.402. The lowest BCUT2D eigenvalue weighted by atomic mass is 10.3. The lowest BCUT2D eigenvalue weighted by Gasteiger charge is -2.05. The van der Waals surface area contributed by atoms with E-state index >= 15 is 0 Å². The van der Waals surface area contributed by atoms with Crippen molar-refractivity contribution in [1.82, 2.24) is 4.57 Å². The first-order chi connectivity index (χ1) is 6.68. The van der Waals surface area contributed by atoms with Crippen molar-refractivity contribution in [2.24, 2.45) is 0 Å². The number of benzene rings is 1. The standard InChI is InChI=1S/C10H8ClNO2/c11-7-1-3-8(4-2-7)12-9(13)5-6-10(12)14/h1-6,13-14H. The van der Waals surface area contributed by atoms with E-state index in [1.807, 2.05) is 0 Å². The summed E-state index contributed by atoms with van der Waals surface area (Å²) in [6.07, 6.45) is 0. The minimum atomic E-state index is -0.00942. The predicted octanol–water partition coefficient (Wildman–Crippen LogP) is 2.54. The quantitative estimate of drug-likeness (QED) is 0.758. The van der Waals surface area contributed by atoms with Crippen molar-refractivity contribution in [2.45, 2.75) is 0 Å². The van der Waals surface area contributed by atoms with E-state index in [2.05, 4.69) is 0 Å². The third-order valence-corrected chi connectivity index (χ3v) is 2.18. The van der Waals surface area contributed by atoms with Gasteiger partial charge in [0, 0.05) is 17.2 Å². The van der Waals surface area contributed by atoms with Crippen LogP contribution >= 0.6 is 11.6 Å². The molecule has 0 aliphatic heterocycles. The van der Waals surface area contributed by atoms with Crippen LogP contribution in [0.25, 0.3) is 5.69 Å². The molecule has 0 bridgehead atoms. The van der Waals surface area contributed by atoms with E-state index in [1.165, 1.54) is 16.7 Å². The summed E-state index contributed by atoms with van der Waals surface area (Å²) in [5, 5.41) is 19.5. The molecule has 2 N–H and O–H groups in total. The van der Waals surface area contributed by atoms with Gasteiger partial charge in [-0.1, -0.05) is 11.6 Å². The Labute approximate surface area is 85.8 Å². The molecule has 2 aromatic rings. The first-order valence-corrected chi connectivity index (χ1v) is 4.42. The molecule has 1 aromatic carbocycles. The van der Waals surface area contributed by atoms with E-state index in [0.29, 0.717) is 10.7 Å². The van der Waals surface area contributed by atoms with Crippen LogP contribution in [0.2, 0.25) is 5.02 Å². The maximum Gasteiger partial charge on any atom is 0.198 e. The van der Waals surface area contributed by atoms with Crippen molar-refractivity contribution in [3.8, 4) is 17.4 Å². The van der Waals surface area contributed by atoms with Crippen LogP contribution in [0, 0.1) is 0 Å². The van der Waals surface area contributed by atoms with Crippen molar-refractivity contribution in [1.29, 1.82) is 0 Å². The molecule has 4 heteroatoms. The van der Waals surface area contributed by atoms with Crippen molar-refractivity contribution in [3.63, 3.8) is 0 Å². The van der Waals surface area contributed by atoms with Crippen LogP contribution < -0.4 is 0 Å². The summed E-state index contributed by atoms with van der Waals surface area (Å²) < 4.78 is 1.32. The number of hydrogen-bond donors (Lipinski definition) is 2. The Bertz CT molecular complexity index is 428. The number of halogens is 1. The maximum atomic E-state index is 9.42. The summed E-state index contributed by atoms with van der Waals surface area (Å²) in [6.45, 7) is 0. The van der Waals surface area contributed by atoms with E-state index in [-0.39, 0.29) is 11.8 Å². The largest absolute Gasteiger partial charge is 0.494 e. The maximum absolute atomic E-state index is 9.42. The Morgan fingerprint density at radius 3 is 1.86 bits per heavy atom. The third kappa shape index (κ3) is 1.42. The van der Waals surface area contributed by atoms with Gasteiger partial charge in [-0.2, -0.15) is 0 Å². The smallest absolute Gasteiger partial charge is 0.198 e. The first-order valence-electron chi connectivity index (χ1n) is 4.04. The normalized spacial score (nSPS) is 10.4. The van der Waals surface area contributed by atoms with Gasteiger partial charge in [-0.25, -0.2) is 0 Å². The second-order valence-corrected chi connectivity index (χ2v) is 3.30. The van der Waals surface area contributed by atoms with Gasteiger partial charge in [0.15, 0.2) is 11.8 Å². The van der Waals surface area contributed by atoms with Crippen LogP contribution in [0.5, 0.6) is 11.8 Å². The molecular formula is C10H8ClNO2. The minimum Gasteiger partial charge on any atom is -0.494 e. The van der Waals surface area contributed by atoms with Gasteiger partial charge < -0.3 is 10.2 Å². The molecule has 0 amide bonds. The highest BCUT2D eigenvalue weighted by Crippen LogP contribution is 2.26. The fourth-order valence-corrected chi connectivity index (χ4v) is 1.40. The lowest BCUT2D eigenvalue weighted by Crippen LogP contribution is -1.91. The number of aromatic hydroxyl groups is 2. The summed E-state index contributed by atoms with van der Waals surface area (Å²) in [5.41, 5.74) is 0.661. The van der Waals surface area contributed by atoms with Crippen molar-refractivity contribution < 1.29 is 10.2 Å². The van der Waals surface area contributed by atoms with E-state index < -0.39 is 0 Å². The average molecular weight is 210 g/mol. The van der Waals surface area contributed by atoms with E-state index in [1.54, 1.807) is 24.3 Å². The van der Waals surface area contributed by atoms with Gasteiger partial charge in [0.1, 0.15) is 0 Å². The topological polar surface area (TPSA) is 45.4 Å². The number of aromatic nitrogens is 1. The first kappa shape index (κ1) is 8.97. The van der Waals surface area contributed by atoms with E-state index in [4.69, 9.17) is 11.6 Å². The van der Waals surface area contributed by atoms with Crippen LogP contribution in [0.1, 0.15) is 0 Å². The average Bonchev–Trinajstić information content (AvgIpc) is 2.49. The number of hydrogen-bond acceptors (Lipinski definition) is 2. The van der Waals surface area contributed by atoms with Crippen molar-refractivity contribution in [2.75, 3.05) is 0 Å². The molecule has 3 nitrogen and oxygen atoms in total. The van der Waals surface area contributed by atoms with Gasteiger partial charge in [0.25, 0.3) is 0 Å². The van der Waals surface area contributed by atoms with Crippen LogP contribution in [0.3, 0.4) is 0 Å². The molecule has 0 aliphatic rings. The molecule has 1 heterocycles. The second-order valence-electron chi connectivity index (χ2n) is 2.86. The van der Waals surface area contributed by atoms with E-state index in [9.17, 15) is 10.2 Å². The molecule has 0 unspecified atom stereocenters. The van der Waals surface area contributed by atoms with Crippen molar-refractivity contribution in [3.05, 3.63) is 41.4 Å². The Kier molecular flexibility index (Phi) is 2.09. The molecule has 0 saturated heterocycles. The molecule has 2 rings (SSSR count). The zero-order valence-electron chi connectivity index (χ0n) is 7.18. The van der Waals surface area contributed by atoms with Crippen LogP contribution in [-0.4, -0.2) is 14.8 Å². The third-order valence-electron chi connectivity index (χ3n) is 1.92. The summed E-state index contributed by atoms with van der Waals surface area (Å²) in [7, 11) is 0. The van der Waals surface area contributed by atoms with E-state index in [0.717, 1.165) is 0 Å². The van der Waals surface area contributed by atoms with Crippen LogP contribution in [-0.2, 0) is 0 Å². The van der Waals surface area contributed by atoms with Crippen LogP contribution in [0.15, 0.2) is 36.4 Å². The number of rotatable bonds is 1. The van der Waals surface area contributed by atoms with Gasteiger partial charge in [-0.15, -0.1) is 0 Å². The molecule has 1 aromatic heterocycles. The van der Waals surface area contributed by atoms with Crippen molar-refractivity contribution >= 4 is 11.6 Å². The number of nitrogens with zero attached hydrogens (tertiary/aromatic N) is 1. The summed E-state index contributed by atoms with van der Waals surface area (Å²) in [4.78, 5) is 0. The molecule has 0 aliphatic carbocycles. The fraction of sp³-hybridized carbons (Fsp3) is 0. The Balaban J connectivity index is 2.54. The Morgan fingerprint density at radius 1 is 0.857 bits per heavy atom. The molecule has 0 radical (unpaired) electrons. The van der Waals surface area contributed by atoms with Gasteiger partial charge in [0.05, 0.1) is 5.69 Å². The predicted molar refractivity (Wildman–Crippen MR) is 54.1 cm³/mol. The molecule has 72 valence electrons.